The Hall–Kier alpha value is -1.88. The van der Waals surface area contributed by atoms with Crippen LogP contribution in [0.5, 0.6) is 0 Å². The van der Waals surface area contributed by atoms with Crippen LogP contribution in [0.2, 0.25) is 5.02 Å². The second kappa shape index (κ2) is 6.05. The molecule has 1 aromatic rings. The quantitative estimate of drug-likeness (QED) is 0.868. The van der Waals surface area contributed by atoms with E-state index in [1.807, 2.05) is 0 Å². The number of hydrogen-bond donors (Lipinski definition) is 1. The number of carbonyl (C=O) groups excluding carboxylic acids is 1. The van der Waals surface area contributed by atoms with Crippen LogP contribution in [0.25, 0.3) is 6.08 Å². The summed E-state index contributed by atoms with van der Waals surface area (Å²) in [6.07, 6.45) is 3.01. The Morgan fingerprint density at radius 3 is 2.75 bits per heavy atom. The number of hydrogen-bond acceptors (Lipinski definition) is 2. The number of carboxylic acid groups (broad SMARTS) is 1. The van der Waals surface area contributed by atoms with Crippen LogP contribution in [0, 0.1) is 11.7 Å². The number of nitrogens with zero attached hydrogens (tertiary/aromatic N) is 1. The maximum atomic E-state index is 13.0. The Labute approximate surface area is 120 Å². The first-order valence-electron chi connectivity index (χ1n) is 6.09. The average Bonchev–Trinajstić information content (AvgIpc) is 2.34. The number of rotatable bonds is 4. The van der Waals surface area contributed by atoms with Gasteiger partial charge in [-0.1, -0.05) is 17.7 Å². The van der Waals surface area contributed by atoms with E-state index in [1.165, 1.54) is 24.3 Å². The van der Waals surface area contributed by atoms with Crippen molar-refractivity contribution in [2.75, 3.05) is 13.1 Å². The molecule has 0 unspecified atom stereocenters. The second-order valence-electron chi connectivity index (χ2n) is 4.71. The van der Waals surface area contributed by atoms with E-state index >= 15 is 0 Å². The lowest BCUT2D eigenvalue weighted by Gasteiger charge is -2.37. The SMILES string of the molecule is O=C(O)CC1CN(C(=O)C=Cc2ccc(F)c(Cl)c2)C1. The predicted octanol–water partition coefficient (Wildman–Crippen LogP) is 2.43. The summed E-state index contributed by atoms with van der Waals surface area (Å²) >= 11 is 5.64. The third-order valence-electron chi connectivity index (χ3n) is 3.09. The number of carboxylic acids is 1. The van der Waals surface area contributed by atoms with Crippen molar-refractivity contribution in [2.24, 2.45) is 5.92 Å². The van der Waals surface area contributed by atoms with Crippen LogP contribution < -0.4 is 0 Å². The van der Waals surface area contributed by atoms with Gasteiger partial charge >= 0.3 is 5.97 Å². The lowest BCUT2D eigenvalue weighted by atomic mass is 9.96. The van der Waals surface area contributed by atoms with Crippen molar-refractivity contribution in [2.45, 2.75) is 6.42 Å². The Bertz CT molecular complexity index is 568. The first-order valence-corrected chi connectivity index (χ1v) is 6.47. The summed E-state index contributed by atoms with van der Waals surface area (Å²) in [7, 11) is 0. The first-order chi connectivity index (χ1) is 9.45. The summed E-state index contributed by atoms with van der Waals surface area (Å²) in [5, 5.41) is 8.62. The van der Waals surface area contributed by atoms with Gasteiger partial charge in [0.2, 0.25) is 5.91 Å². The number of benzene rings is 1. The molecule has 0 spiro atoms. The molecule has 1 aliphatic rings. The van der Waals surface area contributed by atoms with Gasteiger partial charge in [0.1, 0.15) is 5.82 Å². The molecule has 0 aromatic heterocycles. The zero-order valence-corrected chi connectivity index (χ0v) is 11.3. The Morgan fingerprint density at radius 2 is 2.15 bits per heavy atom. The van der Waals surface area contributed by atoms with Crippen molar-refractivity contribution in [1.29, 1.82) is 0 Å². The molecular weight excluding hydrogens is 285 g/mol. The maximum Gasteiger partial charge on any atom is 0.303 e. The molecule has 6 heteroatoms. The van der Waals surface area contributed by atoms with E-state index in [1.54, 1.807) is 11.0 Å². The summed E-state index contributed by atoms with van der Waals surface area (Å²) in [4.78, 5) is 23.8. The zero-order valence-electron chi connectivity index (χ0n) is 10.6. The number of aliphatic carboxylic acids is 1. The van der Waals surface area contributed by atoms with Crippen molar-refractivity contribution in [3.8, 4) is 0 Å². The minimum absolute atomic E-state index is 0.00470. The van der Waals surface area contributed by atoms with Crippen LogP contribution in [0.1, 0.15) is 12.0 Å². The van der Waals surface area contributed by atoms with Crippen molar-refractivity contribution in [3.05, 3.63) is 40.7 Å². The van der Waals surface area contributed by atoms with Crippen molar-refractivity contribution < 1.29 is 19.1 Å². The number of halogens is 2. The summed E-state index contributed by atoms with van der Waals surface area (Å²) < 4.78 is 13.0. The van der Waals surface area contributed by atoms with E-state index in [9.17, 15) is 14.0 Å². The smallest absolute Gasteiger partial charge is 0.303 e. The fraction of sp³-hybridized carbons (Fsp3) is 0.286. The highest BCUT2D eigenvalue weighted by atomic mass is 35.5. The molecule has 0 radical (unpaired) electrons. The lowest BCUT2D eigenvalue weighted by Crippen LogP contribution is -2.49. The zero-order chi connectivity index (χ0) is 14.7. The fourth-order valence-corrected chi connectivity index (χ4v) is 2.20. The van der Waals surface area contributed by atoms with Gasteiger partial charge < -0.3 is 10.0 Å². The minimum Gasteiger partial charge on any atom is -0.481 e. The largest absolute Gasteiger partial charge is 0.481 e. The van der Waals surface area contributed by atoms with E-state index in [0.717, 1.165) is 0 Å². The van der Waals surface area contributed by atoms with Gasteiger partial charge in [0, 0.05) is 25.1 Å². The standard InChI is InChI=1S/C14H13ClFNO3/c15-11-5-9(1-3-12(11)16)2-4-13(18)17-7-10(8-17)6-14(19)20/h1-5,10H,6-8H2,(H,19,20). The number of carbonyl (C=O) groups is 2. The van der Waals surface area contributed by atoms with Crippen molar-refractivity contribution in [1.82, 2.24) is 4.90 Å². The number of likely N-dealkylation sites (tertiary alicyclic amines) is 1. The minimum atomic E-state index is -0.849. The maximum absolute atomic E-state index is 13.0. The predicted molar refractivity (Wildman–Crippen MR) is 72.8 cm³/mol. The molecule has 1 fully saturated rings. The molecule has 4 nitrogen and oxygen atoms in total. The molecular formula is C14H13ClFNO3. The Kier molecular flexibility index (Phi) is 4.39. The van der Waals surface area contributed by atoms with Crippen LogP contribution in [0.4, 0.5) is 4.39 Å². The van der Waals surface area contributed by atoms with E-state index in [2.05, 4.69) is 0 Å². The van der Waals surface area contributed by atoms with Gasteiger partial charge in [0.25, 0.3) is 0 Å². The molecule has 1 N–H and O–H groups in total. The second-order valence-corrected chi connectivity index (χ2v) is 5.12. The molecule has 1 amide bonds. The molecule has 0 aliphatic carbocycles. The Balaban J connectivity index is 1.87. The first kappa shape index (κ1) is 14.5. The third-order valence-corrected chi connectivity index (χ3v) is 3.38. The molecule has 0 saturated carbocycles. The topological polar surface area (TPSA) is 57.6 Å². The summed E-state index contributed by atoms with van der Waals surface area (Å²) in [6, 6.07) is 4.19. The van der Waals surface area contributed by atoms with E-state index in [-0.39, 0.29) is 23.3 Å². The fourth-order valence-electron chi connectivity index (χ4n) is 2.01. The van der Waals surface area contributed by atoms with Crippen LogP contribution in [-0.4, -0.2) is 35.0 Å². The van der Waals surface area contributed by atoms with E-state index in [0.29, 0.717) is 18.7 Å². The van der Waals surface area contributed by atoms with E-state index < -0.39 is 11.8 Å². The molecule has 1 aliphatic heterocycles. The molecule has 1 heterocycles. The molecule has 2 rings (SSSR count). The third kappa shape index (κ3) is 3.57. The summed E-state index contributed by atoms with van der Waals surface area (Å²) in [6.45, 7) is 0.916. The van der Waals surface area contributed by atoms with Gasteiger partial charge in [-0.25, -0.2) is 4.39 Å². The summed E-state index contributed by atoms with van der Waals surface area (Å²) in [5.41, 5.74) is 0.632. The van der Waals surface area contributed by atoms with Crippen molar-refractivity contribution in [3.63, 3.8) is 0 Å². The molecule has 1 saturated heterocycles. The molecule has 1 aromatic carbocycles. The summed E-state index contributed by atoms with van der Waals surface area (Å²) in [5.74, 6) is -1.51. The monoisotopic (exact) mass is 297 g/mol. The van der Waals surface area contributed by atoms with Gasteiger partial charge in [0.15, 0.2) is 0 Å². The van der Waals surface area contributed by atoms with Crippen LogP contribution >= 0.6 is 11.6 Å². The molecule has 0 atom stereocenters. The van der Waals surface area contributed by atoms with Crippen LogP contribution in [0.15, 0.2) is 24.3 Å². The van der Waals surface area contributed by atoms with Gasteiger partial charge in [-0.05, 0) is 23.8 Å². The van der Waals surface area contributed by atoms with Crippen molar-refractivity contribution >= 4 is 29.6 Å². The van der Waals surface area contributed by atoms with Gasteiger partial charge in [-0.15, -0.1) is 0 Å². The van der Waals surface area contributed by atoms with Gasteiger partial charge in [-0.3, -0.25) is 9.59 Å². The van der Waals surface area contributed by atoms with Crippen LogP contribution in [-0.2, 0) is 9.59 Å². The van der Waals surface area contributed by atoms with Gasteiger partial charge in [-0.2, -0.15) is 0 Å². The highest BCUT2D eigenvalue weighted by Gasteiger charge is 2.30. The number of amides is 1. The highest BCUT2D eigenvalue weighted by molar-refractivity contribution is 6.30. The Morgan fingerprint density at radius 1 is 1.45 bits per heavy atom. The lowest BCUT2D eigenvalue weighted by molar-refractivity contribution is -0.143. The normalized spacial score (nSPS) is 15.4. The van der Waals surface area contributed by atoms with Gasteiger partial charge in [0.05, 0.1) is 11.4 Å². The average molecular weight is 298 g/mol. The van der Waals surface area contributed by atoms with Crippen LogP contribution in [0.3, 0.4) is 0 Å². The molecule has 20 heavy (non-hydrogen) atoms. The highest BCUT2D eigenvalue weighted by Crippen LogP contribution is 2.20. The van der Waals surface area contributed by atoms with E-state index in [4.69, 9.17) is 16.7 Å². The molecule has 106 valence electrons. The molecule has 0 bridgehead atoms.